The van der Waals surface area contributed by atoms with E-state index in [0.29, 0.717) is 6.04 Å². The number of halogens is 1. The maximum Gasteiger partial charge on any atom is 0.0415 e. The summed E-state index contributed by atoms with van der Waals surface area (Å²) in [6, 6.07) is 9.18. The van der Waals surface area contributed by atoms with Crippen molar-refractivity contribution in [3.63, 3.8) is 0 Å². The molecule has 0 saturated heterocycles. The van der Waals surface area contributed by atoms with E-state index >= 15 is 0 Å². The lowest BCUT2D eigenvalue weighted by Crippen LogP contribution is -2.38. The van der Waals surface area contributed by atoms with Crippen molar-refractivity contribution in [1.29, 1.82) is 0 Å². The fourth-order valence-electron chi connectivity index (χ4n) is 2.53. The second kappa shape index (κ2) is 6.81. The van der Waals surface area contributed by atoms with Crippen LogP contribution in [-0.4, -0.2) is 19.1 Å². The van der Waals surface area contributed by atoms with E-state index < -0.39 is 0 Å². The minimum atomic E-state index is 0.561. The van der Waals surface area contributed by atoms with E-state index in [1.54, 1.807) is 5.54 Å². The Balaban J connectivity index is 2.20. The molecule has 1 aliphatic rings. The maximum absolute atomic E-state index is 5.66. The summed E-state index contributed by atoms with van der Waals surface area (Å²) in [5, 5.41) is 3.65. The average molecular weight is 265 g/mol. The predicted octanol–water partition coefficient (Wildman–Crippen LogP) is 3.52. The Hall–Kier alpha value is -0.990. The lowest BCUT2D eigenvalue weighted by Gasteiger charge is -2.26. The summed E-state index contributed by atoms with van der Waals surface area (Å²) >= 11 is 5.66. The smallest absolute Gasteiger partial charge is 0.0415 e. The number of hydrogen-bond donors (Lipinski definition) is 1. The Kier molecular flexibility index (Phi) is 5.09. The van der Waals surface area contributed by atoms with Gasteiger partial charge in [-0.25, -0.2) is 0 Å². The third-order valence-corrected chi connectivity index (χ3v) is 3.58. The Morgan fingerprint density at radius 1 is 1.44 bits per heavy atom. The number of hydrogen-bond acceptors (Lipinski definition) is 2. The fraction of sp³-hybridized carbons (Fsp3) is 0.467. The number of nitrogens with one attached hydrogen (secondary N) is 1. The van der Waals surface area contributed by atoms with Crippen LogP contribution < -0.4 is 10.2 Å². The first kappa shape index (κ1) is 13.4. The predicted molar refractivity (Wildman–Crippen MR) is 79.2 cm³/mol. The minimum Gasteiger partial charge on any atom is -0.366 e. The third kappa shape index (κ3) is 3.27. The summed E-state index contributed by atoms with van der Waals surface area (Å²) in [7, 11) is 0. The Morgan fingerprint density at radius 3 is 3.06 bits per heavy atom. The van der Waals surface area contributed by atoms with Crippen molar-refractivity contribution in [2.75, 3.05) is 18.0 Å². The zero-order valence-corrected chi connectivity index (χ0v) is 11.7. The molecule has 0 amide bonds. The zero-order valence-electron chi connectivity index (χ0n) is 10.9. The van der Waals surface area contributed by atoms with Gasteiger partial charge in [-0.1, -0.05) is 49.2 Å². The molecule has 0 bridgehead atoms. The third-order valence-electron chi connectivity index (χ3n) is 3.41. The molecule has 0 aliphatic carbocycles. The summed E-state index contributed by atoms with van der Waals surface area (Å²) in [6.07, 6.45) is 4.44. The molecule has 1 atom stereocenters. The molecule has 0 aromatic heterocycles. The van der Waals surface area contributed by atoms with Gasteiger partial charge < -0.3 is 10.2 Å². The van der Waals surface area contributed by atoms with Crippen LogP contribution in [0, 0.1) is 0 Å². The van der Waals surface area contributed by atoms with Crippen LogP contribution in [0.5, 0.6) is 0 Å². The topological polar surface area (TPSA) is 15.3 Å². The largest absolute Gasteiger partial charge is 0.366 e. The Labute approximate surface area is 115 Å². The quantitative estimate of drug-likeness (QED) is 0.895. The number of nitrogens with zero attached hydrogens (tertiary/aromatic N) is 1. The Morgan fingerprint density at radius 2 is 2.28 bits per heavy atom. The van der Waals surface area contributed by atoms with Crippen LogP contribution in [-0.2, 0) is 6.54 Å². The van der Waals surface area contributed by atoms with Crippen molar-refractivity contribution in [3.8, 4) is 0 Å². The van der Waals surface area contributed by atoms with E-state index in [9.17, 15) is 0 Å². The highest BCUT2D eigenvalue weighted by Crippen LogP contribution is 2.24. The number of para-hydroxylation sites is 1. The van der Waals surface area contributed by atoms with Crippen molar-refractivity contribution in [2.45, 2.75) is 32.4 Å². The molecule has 2 nitrogen and oxygen atoms in total. The first-order valence-electron chi connectivity index (χ1n) is 6.66. The molecular formula is C15H21ClN2. The van der Waals surface area contributed by atoms with Crippen molar-refractivity contribution in [3.05, 3.63) is 41.4 Å². The van der Waals surface area contributed by atoms with Gasteiger partial charge in [0.1, 0.15) is 0 Å². The molecule has 0 spiro atoms. The second-order valence-electron chi connectivity index (χ2n) is 4.76. The molecular weight excluding hydrogens is 244 g/mol. The highest BCUT2D eigenvalue weighted by molar-refractivity contribution is 6.25. The summed E-state index contributed by atoms with van der Waals surface area (Å²) in [4.78, 5) is 2.41. The van der Waals surface area contributed by atoms with E-state index in [0.717, 1.165) is 19.6 Å². The van der Waals surface area contributed by atoms with Crippen molar-refractivity contribution < 1.29 is 0 Å². The van der Waals surface area contributed by atoms with Crippen molar-refractivity contribution in [1.82, 2.24) is 5.32 Å². The van der Waals surface area contributed by atoms with Gasteiger partial charge in [-0.2, -0.15) is 0 Å². The molecule has 18 heavy (non-hydrogen) atoms. The van der Waals surface area contributed by atoms with Gasteiger partial charge in [-0.05, 0) is 18.1 Å². The average Bonchev–Trinajstić information content (AvgIpc) is 2.57. The standard InChI is InChI=1S/C15H21ClN2/c1-2-6-14-12-18(10-5-9-16)15-8-4-3-7-13(15)11-17-14/h3-5,7-9,14,17H,2,6,10-12H2,1H3/b9-5+. The van der Waals surface area contributed by atoms with Gasteiger partial charge in [-0.15, -0.1) is 0 Å². The van der Waals surface area contributed by atoms with Gasteiger partial charge in [0, 0.05) is 36.9 Å². The van der Waals surface area contributed by atoms with Crippen LogP contribution in [0.25, 0.3) is 0 Å². The SMILES string of the molecule is CCCC1CN(C/C=C/Cl)c2ccccc2CN1. The van der Waals surface area contributed by atoms with Crippen molar-refractivity contribution >= 4 is 17.3 Å². The first-order chi connectivity index (χ1) is 8.85. The second-order valence-corrected chi connectivity index (χ2v) is 5.01. The fourth-order valence-corrected chi connectivity index (χ4v) is 2.61. The number of benzene rings is 1. The van der Waals surface area contributed by atoms with Gasteiger partial charge in [0.25, 0.3) is 0 Å². The molecule has 98 valence electrons. The molecule has 0 fully saturated rings. The molecule has 1 heterocycles. The molecule has 0 radical (unpaired) electrons. The maximum atomic E-state index is 5.66. The van der Waals surface area contributed by atoms with E-state index in [1.807, 2.05) is 6.08 Å². The van der Waals surface area contributed by atoms with Crippen LogP contribution in [0.4, 0.5) is 5.69 Å². The first-order valence-corrected chi connectivity index (χ1v) is 7.10. The lowest BCUT2D eigenvalue weighted by molar-refractivity contribution is 0.484. The van der Waals surface area contributed by atoms with Gasteiger partial charge in [0.05, 0.1) is 0 Å². The van der Waals surface area contributed by atoms with E-state index in [2.05, 4.69) is 41.4 Å². The molecule has 1 aromatic carbocycles. The van der Waals surface area contributed by atoms with Gasteiger partial charge in [-0.3, -0.25) is 0 Å². The highest BCUT2D eigenvalue weighted by Gasteiger charge is 2.19. The van der Waals surface area contributed by atoms with Gasteiger partial charge >= 0.3 is 0 Å². The van der Waals surface area contributed by atoms with Gasteiger partial charge in [0.2, 0.25) is 0 Å². The zero-order chi connectivity index (χ0) is 12.8. The summed E-state index contributed by atoms with van der Waals surface area (Å²) < 4.78 is 0. The molecule has 1 N–H and O–H groups in total. The monoisotopic (exact) mass is 264 g/mol. The summed E-state index contributed by atoms with van der Waals surface area (Å²) in [5.74, 6) is 0. The molecule has 1 aromatic rings. The van der Waals surface area contributed by atoms with Gasteiger partial charge in [0.15, 0.2) is 0 Å². The normalized spacial score (nSPS) is 19.9. The highest BCUT2D eigenvalue weighted by atomic mass is 35.5. The summed E-state index contributed by atoms with van der Waals surface area (Å²) in [5.41, 5.74) is 4.31. The number of fused-ring (bicyclic) bond motifs is 1. The van der Waals surface area contributed by atoms with E-state index in [-0.39, 0.29) is 0 Å². The molecule has 1 aliphatic heterocycles. The van der Waals surface area contributed by atoms with Crippen LogP contribution in [0.1, 0.15) is 25.3 Å². The molecule has 1 unspecified atom stereocenters. The number of rotatable bonds is 4. The molecule has 2 rings (SSSR count). The van der Waals surface area contributed by atoms with Crippen LogP contribution in [0.3, 0.4) is 0 Å². The van der Waals surface area contributed by atoms with Crippen LogP contribution in [0.15, 0.2) is 35.9 Å². The molecule has 0 saturated carbocycles. The lowest BCUT2D eigenvalue weighted by atomic mass is 10.1. The van der Waals surface area contributed by atoms with Crippen molar-refractivity contribution in [2.24, 2.45) is 0 Å². The van der Waals surface area contributed by atoms with E-state index in [1.165, 1.54) is 24.1 Å². The minimum absolute atomic E-state index is 0.561. The summed E-state index contributed by atoms with van der Waals surface area (Å²) in [6.45, 7) is 5.12. The van der Waals surface area contributed by atoms with E-state index in [4.69, 9.17) is 11.6 Å². The van der Waals surface area contributed by atoms with Crippen LogP contribution >= 0.6 is 11.6 Å². The number of anilines is 1. The molecule has 3 heteroatoms. The Bertz CT molecular complexity index is 403. The van der Waals surface area contributed by atoms with Crippen LogP contribution in [0.2, 0.25) is 0 Å².